The van der Waals surface area contributed by atoms with Crippen LogP contribution in [0, 0.1) is 0 Å². The van der Waals surface area contributed by atoms with Gasteiger partial charge < -0.3 is 14.8 Å². The Labute approximate surface area is 111 Å². The third kappa shape index (κ3) is 4.44. The third-order valence-electron chi connectivity index (χ3n) is 3.31. The van der Waals surface area contributed by atoms with E-state index >= 15 is 0 Å². The van der Waals surface area contributed by atoms with E-state index in [9.17, 15) is 8.78 Å². The minimum Gasteiger partial charge on any atom is -0.435 e. The van der Waals surface area contributed by atoms with E-state index in [1.54, 1.807) is 24.3 Å². The molecule has 1 atom stereocenters. The van der Waals surface area contributed by atoms with Gasteiger partial charge in [-0.15, -0.1) is 0 Å². The molecule has 3 nitrogen and oxygen atoms in total. The van der Waals surface area contributed by atoms with Crippen LogP contribution in [0.15, 0.2) is 24.3 Å². The molecule has 1 aromatic carbocycles. The van der Waals surface area contributed by atoms with Crippen molar-refractivity contribution in [2.24, 2.45) is 0 Å². The quantitative estimate of drug-likeness (QED) is 0.893. The molecule has 19 heavy (non-hydrogen) atoms. The second-order valence-corrected chi connectivity index (χ2v) is 5.09. The molecule has 0 aromatic heterocycles. The molecule has 1 fully saturated rings. The molecular weight excluding hydrogens is 252 g/mol. The average Bonchev–Trinajstić information content (AvgIpc) is 2.38. The van der Waals surface area contributed by atoms with Crippen LogP contribution in [-0.2, 0) is 11.3 Å². The molecule has 0 saturated carbocycles. The molecule has 1 unspecified atom stereocenters. The molecule has 1 saturated heterocycles. The van der Waals surface area contributed by atoms with Gasteiger partial charge in [-0.25, -0.2) is 0 Å². The first-order valence-corrected chi connectivity index (χ1v) is 6.44. The SMILES string of the molecule is CC1(NCc2ccc(OC(F)F)cc2)CCCOC1. The van der Waals surface area contributed by atoms with Gasteiger partial charge in [-0.2, -0.15) is 8.78 Å². The molecule has 0 amide bonds. The second-order valence-electron chi connectivity index (χ2n) is 5.09. The van der Waals surface area contributed by atoms with Crippen LogP contribution in [0.5, 0.6) is 5.75 Å². The van der Waals surface area contributed by atoms with Crippen molar-refractivity contribution in [1.29, 1.82) is 0 Å². The zero-order valence-electron chi connectivity index (χ0n) is 11.0. The lowest BCUT2D eigenvalue weighted by atomic mass is 9.94. The Morgan fingerprint density at radius 3 is 2.68 bits per heavy atom. The summed E-state index contributed by atoms with van der Waals surface area (Å²) in [5, 5.41) is 3.46. The standard InChI is InChI=1S/C14H19F2NO2/c1-14(7-2-8-18-10-14)17-9-11-3-5-12(6-4-11)19-13(15)16/h3-6,13,17H,2,7-10H2,1H3. The third-order valence-corrected chi connectivity index (χ3v) is 3.31. The van der Waals surface area contributed by atoms with Gasteiger partial charge in [-0.1, -0.05) is 12.1 Å². The number of hydrogen-bond donors (Lipinski definition) is 1. The molecule has 0 bridgehead atoms. The van der Waals surface area contributed by atoms with Crippen molar-refractivity contribution >= 4 is 0 Å². The lowest BCUT2D eigenvalue weighted by Crippen LogP contribution is -2.48. The van der Waals surface area contributed by atoms with Crippen LogP contribution >= 0.6 is 0 Å². The van der Waals surface area contributed by atoms with Crippen LogP contribution in [0.3, 0.4) is 0 Å². The summed E-state index contributed by atoms with van der Waals surface area (Å²) in [6.45, 7) is 1.59. The number of alkyl halides is 2. The van der Waals surface area contributed by atoms with Crippen LogP contribution in [0.2, 0.25) is 0 Å². The number of benzene rings is 1. The Morgan fingerprint density at radius 1 is 1.37 bits per heavy atom. The molecule has 2 rings (SSSR count). The Kier molecular flexibility index (Phi) is 4.71. The first kappa shape index (κ1) is 14.2. The Bertz CT molecular complexity index is 389. The highest BCUT2D eigenvalue weighted by molar-refractivity contribution is 5.27. The van der Waals surface area contributed by atoms with E-state index in [1.165, 1.54) is 0 Å². The van der Waals surface area contributed by atoms with Crippen molar-refractivity contribution in [1.82, 2.24) is 5.32 Å². The maximum Gasteiger partial charge on any atom is 0.387 e. The summed E-state index contributed by atoms with van der Waals surface area (Å²) in [6, 6.07) is 6.70. The lowest BCUT2D eigenvalue weighted by Gasteiger charge is -2.34. The summed E-state index contributed by atoms with van der Waals surface area (Å²) in [5.41, 5.74) is 1.03. The predicted octanol–water partition coefficient (Wildman–Crippen LogP) is 2.95. The zero-order chi connectivity index (χ0) is 13.7. The fraction of sp³-hybridized carbons (Fsp3) is 0.571. The van der Waals surface area contributed by atoms with Crippen molar-refractivity contribution in [2.45, 2.75) is 38.5 Å². The van der Waals surface area contributed by atoms with Gasteiger partial charge in [-0.3, -0.25) is 0 Å². The maximum absolute atomic E-state index is 12.0. The largest absolute Gasteiger partial charge is 0.435 e. The van der Waals surface area contributed by atoms with Crippen molar-refractivity contribution in [3.8, 4) is 5.75 Å². The Morgan fingerprint density at radius 2 is 2.11 bits per heavy atom. The smallest absolute Gasteiger partial charge is 0.387 e. The fourth-order valence-corrected chi connectivity index (χ4v) is 2.18. The van der Waals surface area contributed by atoms with E-state index in [-0.39, 0.29) is 11.3 Å². The molecule has 1 aliphatic heterocycles. The van der Waals surface area contributed by atoms with Crippen molar-refractivity contribution in [2.75, 3.05) is 13.2 Å². The summed E-state index contributed by atoms with van der Waals surface area (Å²) < 4.78 is 33.8. The van der Waals surface area contributed by atoms with Crippen LogP contribution < -0.4 is 10.1 Å². The van der Waals surface area contributed by atoms with E-state index in [0.717, 1.165) is 25.0 Å². The normalized spacial score (nSPS) is 23.6. The maximum atomic E-state index is 12.0. The molecule has 1 heterocycles. The van der Waals surface area contributed by atoms with E-state index in [0.29, 0.717) is 13.2 Å². The van der Waals surface area contributed by atoms with Crippen molar-refractivity contribution in [3.05, 3.63) is 29.8 Å². The second kappa shape index (κ2) is 6.30. The number of nitrogens with one attached hydrogen (secondary N) is 1. The van der Waals surface area contributed by atoms with E-state index < -0.39 is 6.61 Å². The molecule has 1 N–H and O–H groups in total. The summed E-state index contributed by atoms with van der Waals surface area (Å²) in [7, 11) is 0. The summed E-state index contributed by atoms with van der Waals surface area (Å²) >= 11 is 0. The summed E-state index contributed by atoms with van der Waals surface area (Å²) in [5.74, 6) is 0.186. The molecule has 5 heteroatoms. The Hall–Kier alpha value is -1.20. The number of rotatable bonds is 5. The van der Waals surface area contributed by atoms with Gasteiger partial charge in [-0.05, 0) is 37.5 Å². The number of hydrogen-bond acceptors (Lipinski definition) is 3. The molecule has 106 valence electrons. The Balaban J connectivity index is 1.85. The first-order chi connectivity index (χ1) is 9.07. The minimum absolute atomic E-state index is 0.00358. The molecule has 1 aromatic rings. The van der Waals surface area contributed by atoms with Gasteiger partial charge in [0.1, 0.15) is 5.75 Å². The summed E-state index contributed by atoms with van der Waals surface area (Å²) in [6.07, 6.45) is 2.14. The van der Waals surface area contributed by atoms with Crippen molar-refractivity contribution < 1.29 is 18.3 Å². The predicted molar refractivity (Wildman–Crippen MR) is 68.4 cm³/mol. The fourth-order valence-electron chi connectivity index (χ4n) is 2.18. The van der Waals surface area contributed by atoms with Crippen LogP contribution in [0.1, 0.15) is 25.3 Å². The average molecular weight is 271 g/mol. The number of halogens is 2. The van der Waals surface area contributed by atoms with E-state index in [2.05, 4.69) is 17.0 Å². The van der Waals surface area contributed by atoms with Gasteiger partial charge in [0.25, 0.3) is 0 Å². The minimum atomic E-state index is -2.78. The van der Waals surface area contributed by atoms with Crippen molar-refractivity contribution in [3.63, 3.8) is 0 Å². The monoisotopic (exact) mass is 271 g/mol. The molecular formula is C14H19F2NO2. The van der Waals surface area contributed by atoms with E-state index in [1.807, 2.05) is 0 Å². The van der Waals surface area contributed by atoms with Gasteiger partial charge in [0, 0.05) is 18.7 Å². The number of ether oxygens (including phenoxy) is 2. The molecule has 1 aliphatic rings. The van der Waals surface area contributed by atoms with Crippen LogP contribution in [0.4, 0.5) is 8.78 Å². The van der Waals surface area contributed by atoms with Gasteiger partial charge in [0.05, 0.1) is 6.61 Å². The highest BCUT2D eigenvalue weighted by atomic mass is 19.3. The summed E-state index contributed by atoms with van der Waals surface area (Å²) in [4.78, 5) is 0. The molecule has 0 aliphatic carbocycles. The lowest BCUT2D eigenvalue weighted by molar-refractivity contribution is -0.0498. The van der Waals surface area contributed by atoms with Crippen LogP contribution in [0.25, 0.3) is 0 Å². The zero-order valence-corrected chi connectivity index (χ0v) is 11.0. The van der Waals surface area contributed by atoms with Gasteiger partial charge in [0.2, 0.25) is 0 Å². The van der Waals surface area contributed by atoms with Crippen LogP contribution in [-0.4, -0.2) is 25.4 Å². The van der Waals surface area contributed by atoms with E-state index in [4.69, 9.17) is 4.74 Å². The van der Waals surface area contributed by atoms with Gasteiger partial charge >= 0.3 is 6.61 Å². The molecule has 0 radical (unpaired) electrons. The molecule has 0 spiro atoms. The topological polar surface area (TPSA) is 30.5 Å². The first-order valence-electron chi connectivity index (χ1n) is 6.44. The van der Waals surface area contributed by atoms with Gasteiger partial charge in [0.15, 0.2) is 0 Å². The highest BCUT2D eigenvalue weighted by Gasteiger charge is 2.26. The highest BCUT2D eigenvalue weighted by Crippen LogP contribution is 2.20.